The van der Waals surface area contributed by atoms with Gasteiger partial charge in [0.05, 0.1) is 24.7 Å². The van der Waals surface area contributed by atoms with Crippen LogP contribution < -0.4 is 4.89 Å². The molecular formula is C12H17ClN2O4S. The van der Waals surface area contributed by atoms with E-state index in [1.807, 2.05) is 0 Å². The number of morpholine rings is 1. The topological polar surface area (TPSA) is 67.9 Å². The highest BCUT2D eigenvalue weighted by Crippen LogP contribution is 2.14. The van der Waals surface area contributed by atoms with Gasteiger partial charge in [0, 0.05) is 24.7 Å². The predicted octanol–water partition coefficient (Wildman–Crippen LogP) is 0.882. The number of hydrogen-bond donors (Lipinski definition) is 1. The Hall–Kier alpha value is -0.700. The number of rotatable bonds is 6. The molecule has 6 nitrogen and oxygen atoms in total. The zero-order valence-corrected chi connectivity index (χ0v) is 12.5. The molecule has 1 aromatic rings. The normalized spacial score (nSPS) is 17.2. The summed E-state index contributed by atoms with van der Waals surface area (Å²) in [4.78, 5) is 9.36. The second kappa shape index (κ2) is 7.35. The molecule has 0 spiro atoms. The molecule has 8 heteroatoms. The molecule has 1 N–H and O–H groups in total. The van der Waals surface area contributed by atoms with Gasteiger partial charge >= 0.3 is 0 Å². The van der Waals surface area contributed by atoms with Crippen LogP contribution in [0.25, 0.3) is 0 Å². The Morgan fingerprint density at radius 2 is 2.10 bits per heavy atom. The van der Waals surface area contributed by atoms with Crippen molar-refractivity contribution < 1.29 is 18.0 Å². The summed E-state index contributed by atoms with van der Waals surface area (Å²) in [6, 6.07) is 6.01. The molecule has 1 aliphatic heterocycles. The van der Waals surface area contributed by atoms with Gasteiger partial charge < -0.3 is 4.74 Å². The summed E-state index contributed by atoms with van der Waals surface area (Å²) in [6.45, 7) is 4.01. The van der Waals surface area contributed by atoms with Crippen LogP contribution in [0.5, 0.6) is 0 Å². The molecule has 112 valence electrons. The van der Waals surface area contributed by atoms with E-state index in [9.17, 15) is 8.42 Å². The van der Waals surface area contributed by atoms with E-state index < -0.39 is 10.0 Å². The number of hydrogen-bond acceptors (Lipinski definition) is 5. The number of benzene rings is 1. The third-order valence-electron chi connectivity index (χ3n) is 2.89. The molecule has 0 saturated carbocycles. The van der Waals surface area contributed by atoms with E-state index in [0.717, 1.165) is 13.1 Å². The molecule has 2 rings (SSSR count). The first-order chi connectivity index (χ1) is 9.58. The van der Waals surface area contributed by atoms with E-state index >= 15 is 0 Å². The minimum Gasteiger partial charge on any atom is -0.379 e. The molecule has 1 aliphatic rings. The molecule has 0 aliphatic carbocycles. The van der Waals surface area contributed by atoms with Crippen LogP contribution in [-0.4, -0.2) is 52.8 Å². The van der Waals surface area contributed by atoms with Gasteiger partial charge in [0.25, 0.3) is 10.0 Å². The largest absolute Gasteiger partial charge is 0.379 e. The van der Waals surface area contributed by atoms with Crippen molar-refractivity contribution in [2.24, 2.45) is 0 Å². The van der Waals surface area contributed by atoms with Crippen molar-refractivity contribution in [3.05, 3.63) is 29.3 Å². The van der Waals surface area contributed by atoms with Crippen molar-refractivity contribution in [3.8, 4) is 0 Å². The Labute approximate surface area is 123 Å². The van der Waals surface area contributed by atoms with Gasteiger partial charge in [-0.25, -0.2) is 8.42 Å². The van der Waals surface area contributed by atoms with Gasteiger partial charge in [-0.2, -0.15) is 0 Å². The molecule has 20 heavy (non-hydrogen) atoms. The minimum absolute atomic E-state index is 0.0800. The van der Waals surface area contributed by atoms with Gasteiger partial charge in [-0.05, 0) is 18.2 Å². The number of ether oxygens (including phenoxy) is 1. The molecule has 0 atom stereocenters. The van der Waals surface area contributed by atoms with Gasteiger partial charge in [-0.1, -0.05) is 22.6 Å². The molecule has 0 amide bonds. The first kappa shape index (κ1) is 15.7. The quantitative estimate of drug-likeness (QED) is 0.622. The highest BCUT2D eigenvalue weighted by Gasteiger charge is 2.15. The average molecular weight is 321 g/mol. The number of sulfonamides is 1. The van der Waals surface area contributed by atoms with Gasteiger partial charge in [-0.3, -0.25) is 9.74 Å². The first-order valence-corrected chi connectivity index (χ1v) is 8.13. The third kappa shape index (κ3) is 4.69. The zero-order chi connectivity index (χ0) is 14.4. The van der Waals surface area contributed by atoms with Gasteiger partial charge in [-0.15, -0.1) is 0 Å². The van der Waals surface area contributed by atoms with E-state index in [0.29, 0.717) is 24.8 Å². The molecule has 0 aromatic heterocycles. The van der Waals surface area contributed by atoms with Crippen molar-refractivity contribution in [1.29, 1.82) is 0 Å². The van der Waals surface area contributed by atoms with E-state index in [2.05, 4.69) is 9.79 Å². The van der Waals surface area contributed by atoms with Crippen LogP contribution in [0.4, 0.5) is 0 Å². The maximum atomic E-state index is 11.9. The fraction of sp³-hybridized carbons (Fsp3) is 0.500. The Morgan fingerprint density at radius 1 is 1.35 bits per heavy atom. The lowest BCUT2D eigenvalue weighted by Crippen LogP contribution is -2.39. The van der Waals surface area contributed by atoms with E-state index in [-0.39, 0.29) is 11.5 Å². The summed E-state index contributed by atoms with van der Waals surface area (Å²) < 4.78 is 29.0. The van der Waals surface area contributed by atoms with Crippen molar-refractivity contribution in [2.75, 3.05) is 39.5 Å². The van der Waals surface area contributed by atoms with Crippen molar-refractivity contribution in [1.82, 2.24) is 9.79 Å². The Morgan fingerprint density at radius 3 is 2.80 bits per heavy atom. The first-order valence-electron chi connectivity index (χ1n) is 6.27. The molecular weight excluding hydrogens is 304 g/mol. The second-order valence-electron chi connectivity index (χ2n) is 4.35. The summed E-state index contributed by atoms with van der Waals surface area (Å²) in [5.41, 5.74) is 0. The average Bonchev–Trinajstić information content (AvgIpc) is 2.45. The van der Waals surface area contributed by atoms with Gasteiger partial charge in [0.2, 0.25) is 0 Å². The Bertz CT molecular complexity index is 532. The maximum Gasteiger partial charge on any atom is 0.262 e. The number of nitrogens with one attached hydrogen (secondary N) is 1. The third-order valence-corrected chi connectivity index (χ3v) is 4.34. The molecule has 1 fully saturated rings. The fourth-order valence-corrected chi connectivity index (χ4v) is 2.93. The predicted molar refractivity (Wildman–Crippen MR) is 75.0 cm³/mol. The summed E-state index contributed by atoms with van der Waals surface area (Å²) in [6.07, 6.45) is 0. The van der Waals surface area contributed by atoms with Gasteiger partial charge in [0.15, 0.2) is 0 Å². The fourth-order valence-electron chi connectivity index (χ4n) is 1.80. The monoisotopic (exact) mass is 320 g/mol. The standard InChI is InChI=1S/C12H17ClN2O4S/c13-11-2-1-3-12(10-11)20(16,17)14-19-9-6-15-4-7-18-8-5-15/h1-3,10,14H,4-9H2. The number of halogens is 1. The van der Waals surface area contributed by atoms with E-state index in [4.69, 9.17) is 21.2 Å². The Balaban J connectivity index is 1.78. The van der Waals surface area contributed by atoms with E-state index in [1.54, 1.807) is 12.1 Å². The summed E-state index contributed by atoms with van der Waals surface area (Å²) in [5, 5.41) is 0.362. The van der Waals surface area contributed by atoms with Crippen LogP contribution in [0.3, 0.4) is 0 Å². The molecule has 0 radical (unpaired) electrons. The summed E-state index contributed by atoms with van der Waals surface area (Å²) >= 11 is 5.76. The van der Waals surface area contributed by atoms with Crippen LogP contribution in [0.1, 0.15) is 0 Å². The molecule has 0 bridgehead atoms. The van der Waals surface area contributed by atoms with Crippen LogP contribution >= 0.6 is 11.6 Å². The molecule has 1 saturated heterocycles. The lowest BCUT2D eigenvalue weighted by atomic mass is 10.4. The lowest BCUT2D eigenvalue weighted by molar-refractivity contribution is 0.0125. The minimum atomic E-state index is -3.69. The van der Waals surface area contributed by atoms with Crippen LogP contribution in [0, 0.1) is 0 Å². The second-order valence-corrected chi connectivity index (χ2v) is 6.43. The Kier molecular flexibility index (Phi) is 5.76. The van der Waals surface area contributed by atoms with Crippen LogP contribution in [-0.2, 0) is 19.6 Å². The smallest absolute Gasteiger partial charge is 0.262 e. The summed E-state index contributed by atoms with van der Waals surface area (Å²) in [7, 11) is -3.69. The highest BCUT2D eigenvalue weighted by molar-refractivity contribution is 7.89. The molecule has 0 unspecified atom stereocenters. The summed E-state index contributed by atoms with van der Waals surface area (Å²) in [5.74, 6) is 0. The SMILES string of the molecule is O=S(=O)(NOCCN1CCOCC1)c1cccc(Cl)c1. The maximum absolute atomic E-state index is 11.9. The molecule has 1 aromatic carbocycles. The van der Waals surface area contributed by atoms with E-state index in [1.165, 1.54) is 12.1 Å². The van der Waals surface area contributed by atoms with Crippen LogP contribution in [0.2, 0.25) is 5.02 Å². The van der Waals surface area contributed by atoms with Crippen molar-refractivity contribution in [3.63, 3.8) is 0 Å². The number of nitrogens with zero attached hydrogens (tertiary/aromatic N) is 1. The van der Waals surface area contributed by atoms with Crippen molar-refractivity contribution >= 4 is 21.6 Å². The van der Waals surface area contributed by atoms with Crippen LogP contribution in [0.15, 0.2) is 29.2 Å². The zero-order valence-electron chi connectivity index (χ0n) is 10.9. The molecule has 1 heterocycles. The highest BCUT2D eigenvalue weighted by atomic mass is 35.5. The van der Waals surface area contributed by atoms with Crippen molar-refractivity contribution in [2.45, 2.75) is 4.90 Å². The van der Waals surface area contributed by atoms with Gasteiger partial charge in [0.1, 0.15) is 0 Å². The lowest BCUT2D eigenvalue weighted by Gasteiger charge is -2.26.